The Morgan fingerprint density at radius 1 is 1.37 bits per heavy atom. The van der Waals surface area contributed by atoms with Crippen LogP contribution in [0.2, 0.25) is 0 Å². The molecule has 1 aromatic carbocycles. The van der Waals surface area contributed by atoms with Gasteiger partial charge < -0.3 is 9.88 Å². The van der Waals surface area contributed by atoms with Crippen LogP contribution in [0.4, 0.5) is 0 Å². The van der Waals surface area contributed by atoms with Crippen molar-refractivity contribution in [1.82, 2.24) is 9.88 Å². The first-order chi connectivity index (χ1) is 9.04. The Balaban J connectivity index is 2.48. The van der Waals surface area contributed by atoms with Crippen molar-refractivity contribution < 1.29 is 4.79 Å². The lowest BCUT2D eigenvalue weighted by molar-refractivity contribution is 0.0993. The zero-order valence-corrected chi connectivity index (χ0v) is 12.2. The van der Waals surface area contributed by atoms with Gasteiger partial charge in [0, 0.05) is 29.7 Å². The van der Waals surface area contributed by atoms with Crippen molar-refractivity contribution in [1.29, 1.82) is 0 Å². The first-order valence-electron chi connectivity index (χ1n) is 6.87. The third-order valence-corrected chi connectivity index (χ3v) is 3.52. The van der Waals surface area contributed by atoms with E-state index in [0.717, 1.165) is 23.0 Å². The van der Waals surface area contributed by atoms with Crippen LogP contribution < -0.4 is 5.32 Å². The molecule has 0 atom stereocenters. The number of likely N-dealkylation sites (N-methyl/N-ethyl adjacent to an activating group) is 1. The van der Waals surface area contributed by atoms with E-state index >= 15 is 0 Å². The number of Topliss-reactive ketones (excluding diaryl/α,β-unsaturated/α-hetero) is 1. The summed E-state index contributed by atoms with van der Waals surface area (Å²) >= 11 is 0. The van der Waals surface area contributed by atoms with Crippen LogP contribution in [-0.2, 0) is 7.05 Å². The first kappa shape index (κ1) is 13.8. The number of carbonyl (C=O) groups excluding carboxylic acids is 1. The van der Waals surface area contributed by atoms with Crippen LogP contribution in [0.15, 0.2) is 24.4 Å². The number of ketones is 1. The molecule has 0 spiro atoms. The quantitative estimate of drug-likeness (QED) is 0.836. The van der Waals surface area contributed by atoms with E-state index in [1.165, 1.54) is 5.56 Å². The number of hydrogen-bond acceptors (Lipinski definition) is 2. The second-order valence-electron chi connectivity index (χ2n) is 5.29. The standard InChI is InChI=1S/C16H22N2O/c1-5-17-9-16(19)14-10-18(4)15-7-6-12(11(2)3)8-13(14)15/h6-8,10-11,17H,5,9H2,1-4H3. The third kappa shape index (κ3) is 2.71. The summed E-state index contributed by atoms with van der Waals surface area (Å²) in [5.74, 6) is 0.634. The number of aryl methyl sites for hydroxylation is 1. The molecule has 3 heteroatoms. The largest absolute Gasteiger partial charge is 0.350 e. The maximum absolute atomic E-state index is 12.2. The predicted molar refractivity (Wildman–Crippen MR) is 79.9 cm³/mol. The van der Waals surface area contributed by atoms with Crippen LogP contribution in [0.3, 0.4) is 0 Å². The van der Waals surface area contributed by atoms with Gasteiger partial charge in [-0.2, -0.15) is 0 Å². The lowest BCUT2D eigenvalue weighted by Gasteiger charge is -2.06. The molecule has 2 rings (SSSR count). The Bertz CT molecular complexity index is 596. The Morgan fingerprint density at radius 2 is 2.11 bits per heavy atom. The molecule has 0 aliphatic rings. The number of nitrogens with zero attached hydrogens (tertiary/aromatic N) is 1. The summed E-state index contributed by atoms with van der Waals surface area (Å²) in [6.45, 7) is 7.57. The number of carbonyl (C=O) groups is 1. The summed E-state index contributed by atoms with van der Waals surface area (Å²) < 4.78 is 2.03. The fraction of sp³-hybridized carbons (Fsp3) is 0.438. The molecule has 0 aliphatic heterocycles. The van der Waals surface area contributed by atoms with Gasteiger partial charge in [0.1, 0.15) is 0 Å². The topological polar surface area (TPSA) is 34.0 Å². The van der Waals surface area contributed by atoms with Gasteiger partial charge in [0.15, 0.2) is 5.78 Å². The molecular formula is C16H22N2O. The van der Waals surface area contributed by atoms with Crippen molar-refractivity contribution in [2.45, 2.75) is 26.7 Å². The van der Waals surface area contributed by atoms with Crippen molar-refractivity contribution in [3.8, 4) is 0 Å². The number of rotatable bonds is 5. The Labute approximate surface area is 114 Å². The minimum absolute atomic E-state index is 0.161. The fourth-order valence-corrected chi connectivity index (χ4v) is 2.32. The highest BCUT2D eigenvalue weighted by atomic mass is 16.1. The van der Waals surface area contributed by atoms with Gasteiger partial charge in [-0.1, -0.05) is 26.8 Å². The first-order valence-corrected chi connectivity index (χ1v) is 6.87. The van der Waals surface area contributed by atoms with E-state index in [9.17, 15) is 4.79 Å². The maximum Gasteiger partial charge on any atom is 0.178 e. The van der Waals surface area contributed by atoms with Crippen molar-refractivity contribution in [2.24, 2.45) is 7.05 Å². The van der Waals surface area contributed by atoms with E-state index in [2.05, 4.69) is 37.4 Å². The summed E-state index contributed by atoms with van der Waals surface area (Å²) in [6.07, 6.45) is 1.94. The van der Waals surface area contributed by atoms with Crippen molar-refractivity contribution in [2.75, 3.05) is 13.1 Å². The van der Waals surface area contributed by atoms with Crippen LogP contribution in [0.5, 0.6) is 0 Å². The molecular weight excluding hydrogens is 236 g/mol. The summed E-state index contributed by atoms with van der Waals surface area (Å²) in [5, 5.41) is 4.17. The van der Waals surface area contributed by atoms with Crippen LogP contribution in [-0.4, -0.2) is 23.4 Å². The smallest absolute Gasteiger partial charge is 0.178 e. The van der Waals surface area contributed by atoms with Crippen molar-refractivity contribution >= 4 is 16.7 Å². The molecule has 1 aromatic heterocycles. The molecule has 0 radical (unpaired) electrons. The second-order valence-corrected chi connectivity index (χ2v) is 5.29. The fourth-order valence-electron chi connectivity index (χ4n) is 2.32. The minimum atomic E-state index is 0.161. The van der Waals surface area contributed by atoms with E-state index < -0.39 is 0 Å². The maximum atomic E-state index is 12.2. The van der Waals surface area contributed by atoms with Gasteiger partial charge in [-0.3, -0.25) is 4.79 Å². The average Bonchev–Trinajstić information content (AvgIpc) is 2.73. The molecule has 0 saturated carbocycles. The van der Waals surface area contributed by atoms with Gasteiger partial charge in [-0.05, 0) is 30.2 Å². The van der Waals surface area contributed by atoms with Crippen molar-refractivity contribution in [3.05, 3.63) is 35.5 Å². The average molecular weight is 258 g/mol. The number of fused-ring (bicyclic) bond motifs is 1. The van der Waals surface area contributed by atoms with Crippen LogP contribution in [0.25, 0.3) is 10.9 Å². The predicted octanol–water partition coefficient (Wildman–Crippen LogP) is 3.09. The molecule has 102 valence electrons. The number of benzene rings is 1. The minimum Gasteiger partial charge on any atom is -0.350 e. The molecule has 0 unspecified atom stereocenters. The van der Waals surface area contributed by atoms with Gasteiger partial charge in [0.25, 0.3) is 0 Å². The van der Waals surface area contributed by atoms with E-state index in [1.807, 2.05) is 24.7 Å². The van der Waals surface area contributed by atoms with E-state index in [4.69, 9.17) is 0 Å². The Hall–Kier alpha value is -1.61. The number of aromatic nitrogens is 1. The molecule has 1 N–H and O–H groups in total. The highest BCUT2D eigenvalue weighted by molar-refractivity contribution is 6.09. The second kappa shape index (κ2) is 5.57. The van der Waals surface area contributed by atoms with Crippen LogP contribution in [0, 0.1) is 0 Å². The van der Waals surface area contributed by atoms with Gasteiger partial charge in [0.05, 0.1) is 6.54 Å². The zero-order valence-electron chi connectivity index (χ0n) is 12.2. The van der Waals surface area contributed by atoms with Gasteiger partial charge in [-0.15, -0.1) is 0 Å². The van der Waals surface area contributed by atoms with Gasteiger partial charge in [0.2, 0.25) is 0 Å². The lowest BCUT2D eigenvalue weighted by atomic mass is 9.99. The summed E-state index contributed by atoms with van der Waals surface area (Å²) in [6, 6.07) is 6.40. The van der Waals surface area contributed by atoms with Gasteiger partial charge >= 0.3 is 0 Å². The third-order valence-electron chi connectivity index (χ3n) is 3.52. The van der Waals surface area contributed by atoms with Gasteiger partial charge in [-0.25, -0.2) is 0 Å². The molecule has 2 aromatic rings. The SMILES string of the molecule is CCNCC(=O)c1cn(C)c2ccc(C(C)C)cc12. The molecule has 0 saturated heterocycles. The molecule has 0 aliphatic carbocycles. The van der Waals surface area contributed by atoms with Crippen molar-refractivity contribution in [3.63, 3.8) is 0 Å². The van der Waals surface area contributed by atoms with E-state index in [0.29, 0.717) is 12.5 Å². The summed E-state index contributed by atoms with van der Waals surface area (Å²) in [4.78, 5) is 12.2. The normalized spacial score (nSPS) is 11.4. The Kier molecular flexibility index (Phi) is 4.05. The monoisotopic (exact) mass is 258 g/mol. The highest BCUT2D eigenvalue weighted by Gasteiger charge is 2.14. The summed E-state index contributed by atoms with van der Waals surface area (Å²) in [5.41, 5.74) is 3.21. The molecule has 0 fully saturated rings. The molecule has 0 amide bonds. The number of hydrogen-bond donors (Lipinski definition) is 1. The van der Waals surface area contributed by atoms with E-state index in [1.54, 1.807) is 0 Å². The zero-order chi connectivity index (χ0) is 14.0. The lowest BCUT2D eigenvalue weighted by Crippen LogP contribution is -2.22. The van der Waals surface area contributed by atoms with Crippen LogP contribution >= 0.6 is 0 Å². The molecule has 0 bridgehead atoms. The summed E-state index contributed by atoms with van der Waals surface area (Å²) in [7, 11) is 1.99. The van der Waals surface area contributed by atoms with Crippen LogP contribution in [0.1, 0.15) is 42.6 Å². The molecule has 1 heterocycles. The highest BCUT2D eigenvalue weighted by Crippen LogP contribution is 2.25. The van der Waals surface area contributed by atoms with E-state index in [-0.39, 0.29) is 5.78 Å². The molecule has 19 heavy (non-hydrogen) atoms. The molecule has 3 nitrogen and oxygen atoms in total. The number of nitrogens with one attached hydrogen (secondary N) is 1. The Morgan fingerprint density at radius 3 is 2.74 bits per heavy atom.